The molecule has 3 aromatic rings. The summed E-state index contributed by atoms with van der Waals surface area (Å²) >= 11 is 3.21. The molecule has 0 N–H and O–H groups in total. The van der Waals surface area contributed by atoms with E-state index in [1.54, 1.807) is 37.6 Å². The third-order valence-corrected chi connectivity index (χ3v) is 4.86. The Morgan fingerprint density at radius 2 is 1.73 bits per heavy atom. The normalized spacial score (nSPS) is 13.1. The summed E-state index contributed by atoms with van der Waals surface area (Å²) in [7, 11) is 1.60. The predicted molar refractivity (Wildman–Crippen MR) is 102 cm³/mol. The second-order valence-corrected chi connectivity index (χ2v) is 6.56. The van der Waals surface area contributed by atoms with E-state index in [2.05, 4.69) is 20.9 Å². The Balaban J connectivity index is 2.03. The van der Waals surface area contributed by atoms with Crippen LogP contribution in [0.25, 0.3) is 11.1 Å². The monoisotopic (exact) mass is 408 g/mol. The molecule has 128 valence electrons. The molecule has 1 aliphatic rings. The number of rotatable bonds is 3. The quantitative estimate of drug-likeness (QED) is 0.663. The average molecular weight is 409 g/mol. The zero-order chi connectivity index (χ0) is 18.3. The van der Waals surface area contributed by atoms with Crippen LogP contribution in [0.15, 0.2) is 70.1 Å². The summed E-state index contributed by atoms with van der Waals surface area (Å²) in [5, 5.41) is 0. The first-order valence-corrected chi connectivity index (χ1v) is 8.68. The average Bonchev–Trinajstić information content (AvgIpc) is 2.98. The minimum Gasteiger partial charge on any atom is -0.497 e. The molecular formula is C20H13BrN2O3. The van der Waals surface area contributed by atoms with Crippen molar-refractivity contribution in [3.63, 3.8) is 0 Å². The lowest BCUT2D eigenvalue weighted by atomic mass is 9.96. The zero-order valence-electron chi connectivity index (χ0n) is 13.8. The van der Waals surface area contributed by atoms with Gasteiger partial charge in [0.15, 0.2) is 0 Å². The van der Waals surface area contributed by atoms with Crippen molar-refractivity contribution in [2.24, 2.45) is 0 Å². The van der Waals surface area contributed by atoms with Crippen LogP contribution in [0.2, 0.25) is 0 Å². The standard InChI is InChI=1S/C20H13BrN2O3/c1-26-13-7-5-12(6-8-13)17-16-10-9-14(21)19(24)23(16)20(25)18(17)15-4-2-3-11-22-15/h2-11H,1H3. The summed E-state index contributed by atoms with van der Waals surface area (Å²) in [4.78, 5) is 30.0. The van der Waals surface area contributed by atoms with Crippen molar-refractivity contribution in [1.82, 2.24) is 9.55 Å². The van der Waals surface area contributed by atoms with Crippen LogP contribution < -0.4 is 10.3 Å². The van der Waals surface area contributed by atoms with Gasteiger partial charge >= 0.3 is 0 Å². The van der Waals surface area contributed by atoms with Gasteiger partial charge in [0.05, 0.1) is 28.5 Å². The lowest BCUT2D eigenvalue weighted by Crippen LogP contribution is -2.26. The molecule has 0 fully saturated rings. The molecule has 0 spiro atoms. The van der Waals surface area contributed by atoms with Gasteiger partial charge in [0.2, 0.25) is 0 Å². The van der Waals surface area contributed by atoms with Crippen LogP contribution in [-0.4, -0.2) is 22.6 Å². The SMILES string of the molecule is COc1ccc(C2=C(c3ccccn3)C(=O)n3c2ccc(Br)c3=O)cc1. The van der Waals surface area contributed by atoms with Gasteiger partial charge in [-0.25, -0.2) is 4.57 Å². The van der Waals surface area contributed by atoms with Crippen molar-refractivity contribution in [2.45, 2.75) is 0 Å². The molecule has 0 radical (unpaired) electrons. The van der Waals surface area contributed by atoms with Crippen LogP contribution in [0.1, 0.15) is 21.7 Å². The number of benzene rings is 1. The molecule has 4 rings (SSSR count). The highest BCUT2D eigenvalue weighted by molar-refractivity contribution is 9.10. The molecule has 6 heteroatoms. The number of pyridine rings is 2. The molecule has 1 aliphatic heterocycles. The molecule has 0 saturated carbocycles. The van der Waals surface area contributed by atoms with E-state index in [4.69, 9.17) is 4.74 Å². The van der Waals surface area contributed by atoms with Crippen LogP contribution in [-0.2, 0) is 0 Å². The minimum absolute atomic E-state index is 0.339. The van der Waals surface area contributed by atoms with Crippen molar-refractivity contribution in [3.8, 4) is 5.75 Å². The Kier molecular flexibility index (Phi) is 4.05. The Morgan fingerprint density at radius 3 is 2.38 bits per heavy atom. The van der Waals surface area contributed by atoms with Crippen LogP contribution in [0.5, 0.6) is 5.75 Å². The highest BCUT2D eigenvalue weighted by Gasteiger charge is 2.33. The molecule has 5 nitrogen and oxygen atoms in total. The number of aromatic nitrogens is 2. The minimum atomic E-state index is -0.385. The van der Waals surface area contributed by atoms with Crippen molar-refractivity contribution in [3.05, 3.63) is 92.6 Å². The van der Waals surface area contributed by atoms with Crippen LogP contribution >= 0.6 is 15.9 Å². The highest BCUT2D eigenvalue weighted by Crippen LogP contribution is 2.37. The summed E-state index contributed by atoms with van der Waals surface area (Å²) in [5.41, 5.74) is 2.60. The highest BCUT2D eigenvalue weighted by atomic mass is 79.9. The number of carbonyl (C=O) groups is 1. The number of methoxy groups -OCH3 is 1. The molecule has 0 unspecified atom stereocenters. The molecule has 26 heavy (non-hydrogen) atoms. The number of ether oxygens (including phenoxy) is 1. The maximum atomic E-state index is 13.1. The summed E-state index contributed by atoms with van der Waals surface area (Å²) in [6.07, 6.45) is 1.63. The zero-order valence-corrected chi connectivity index (χ0v) is 15.4. The van der Waals surface area contributed by atoms with E-state index in [9.17, 15) is 9.59 Å². The molecule has 0 saturated heterocycles. The van der Waals surface area contributed by atoms with Crippen molar-refractivity contribution in [2.75, 3.05) is 7.11 Å². The first-order chi connectivity index (χ1) is 12.6. The second kappa shape index (κ2) is 6.38. The number of fused-ring (bicyclic) bond motifs is 1. The van der Waals surface area contributed by atoms with Gasteiger partial charge in [-0.1, -0.05) is 18.2 Å². The molecule has 1 aromatic carbocycles. The molecule has 2 aromatic heterocycles. The molecule has 0 bridgehead atoms. The summed E-state index contributed by atoms with van der Waals surface area (Å²) in [5.74, 6) is 0.335. The van der Waals surface area contributed by atoms with Crippen molar-refractivity contribution >= 4 is 33.0 Å². The lowest BCUT2D eigenvalue weighted by molar-refractivity contribution is 0.0979. The Hall–Kier alpha value is -2.99. The first-order valence-electron chi connectivity index (χ1n) is 7.88. The van der Waals surface area contributed by atoms with Gasteiger partial charge in [-0.05, 0) is 57.9 Å². The Bertz CT molecular complexity index is 1100. The van der Waals surface area contributed by atoms with Crippen LogP contribution in [0.3, 0.4) is 0 Å². The summed E-state index contributed by atoms with van der Waals surface area (Å²) in [6.45, 7) is 0. The van der Waals surface area contributed by atoms with Gasteiger partial charge in [-0.3, -0.25) is 14.6 Å². The van der Waals surface area contributed by atoms with Gasteiger partial charge in [-0.15, -0.1) is 0 Å². The number of nitrogens with zero attached hydrogens (tertiary/aromatic N) is 2. The molecular weight excluding hydrogens is 396 g/mol. The number of hydrogen-bond donors (Lipinski definition) is 0. The van der Waals surface area contributed by atoms with E-state index >= 15 is 0 Å². The van der Waals surface area contributed by atoms with E-state index < -0.39 is 0 Å². The maximum absolute atomic E-state index is 13.1. The van der Waals surface area contributed by atoms with Crippen molar-refractivity contribution < 1.29 is 9.53 Å². The number of hydrogen-bond acceptors (Lipinski definition) is 4. The van der Waals surface area contributed by atoms with E-state index in [0.29, 0.717) is 32.8 Å². The number of halogens is 1. The third kappa shape index (κ3) is 2.50. The van der Waals surface area contributed by atoms with E-state index in [1.807, 2.05) is 30.3 Å². The smallest absolute Gasteiger partial charge is 0.272 e. The third-order valence-electron chi connectivity index (χ3n) is 4.26. The second-order valence-electron chi connectivity index (χ2n) is 5.71. The van der Waals surface area contributed by atoms with E-state index in [1.165, 1.54) is 4.57 Å². The molecule has 0 aliphatic carbocycles. The predicted octanol–water partition coefficient (Wildman–Crippen LogP) is 3.63. The van der Waals surface area contributed by atoms with Gasteiger partial charge in [-0.2, -0.15) is 0 Å². The summed E-state index contributed by atoms with van der Waals surface area (Å²) in [6, 6.07) is 16.2. The van der Waals surface area contributed by atoms with Gasteiger partial charge in [0.25, 0.3) is 11.5 Å². The topological polar surface area (TPSA) is 61.2 Å². The lowest BCUT2D eigenvalue weighted by Gasteiger charge is -2.08. The Morgan fingerprint density at radius 1 is 0.962 bits per heavy atom. The first kappa shape index (κ1) is 16.5. The van der Waals surface area contributed by atoms with Gasteiger partial charge in [0.1, 0.15) is 5.75 Å². The van der Waals surface area contributed by atoms with Crippen molar-refractivity contribution in [1.29, 1.82) is 0 Å². The molecule has 0 atom stereocenters. The van der Waals surface area contributed by atoms with Crippen LogP contribution in [0.4, 0.5) is 0 Å². The maximum Gasteiger partial charge on any atom is 0.272 e. The Labute approximate surface area is 157 Å². The summed E-state index contributed by atoms with van der Waals surface area (Å²) < 4.78 is 6.74. The fourth-order valence-corrected chi connectivity index (χ4v) is 3.37. The fourth-order valence-electron chi connectivity index (χ4n) is 3.06. The van der Waals surface area contributed by atoms with E-state index in [-0.39, 0.29) is 11.5 Å². The number of carbonyl (C=O) groups excluding carboxylic acids is 1. The largest absolute Gasteiger partial charge is 0.497 e. The number of allylic oxidation sites excluding steroid dienone is 1. The van der Waals surface area contributed by atoms with Gasteiger partial charge < -0.3 is 4.74 Å². The van der Waals surface area contributed by atoms with Crippen LogP contribution in [0, 0.1) is 0 Å². The van der Waals surface area contributed by atoms with E-state index in [0.717, 1.165) is 5.56 Å². The molecule has 0 amide bonds. The van der Waals surface area contributed by atoms with Gasteiger partial charge in [0, 0.05) is 11.8 Å². The fraction of sp³-hybridized carbons (Fsp3) is 0.0500. The molecule has 3 heterocycles.